The van der Waals surface area contributed by atoms with Gasteiger partial charge < -0.3 is 20.1 Å². The van der Waals surface area contributed by atoms with E-state index in [2.05, 4.69) is 10.6 Å². The summed E-state index contributed by atoms with van der Waals surface area (Å²) >= 11 is 0. The summed E-state index contributed by atoms with van der Waals surface area (Å²) in [5.41, 5.74) is 0.958. The smallest absolute Gasteiger partial charge is 0.260 e. The van der Waals surface area contributed by atoms with E-state index in [-0.39, 0.29) is 11.9 Å². The van der Waals surface area contributed by atoms with Gasteiger partial charge in [0.15, 0.2) is 17.6 Å². The molecular weight excluding hydrogens is 268 g/mol. The summed E-state index contributed by atoms with van der Waals surface area (Å²) in [6, 6.07) is 5.82. The van der Waals surface area contributed by atoms with Gasteiger partial charge in [-0.2, -0.15) is 0 Å². The molecule has 1 amide bonds. The average Bonchev–Trinajstić information content (AvgIpc) is 2.48. The van der Waals surface area contributed by atoms with Crippen molar-refractivity contribution in [3.05, 3.63) is 23.8 Å². The quantitative estimate of drug-likeness (QED) is 0.771. The van der Waals surface area contributed by atoms with Gasteiger partial charge in [0.25, 0.3) is 5.91 Å². The Kier molecular flexibility index (Phi) is 7.02. The summed E-state index contributed by atoms with van der Waals surface area (Å²) in [7, 11) is 3.46. The van der Waals surface area contributed by atoms with Crippen LogP contribution in [0.4, 0.5) is 0 Å². The Balaban J connectivity index is 2.87. The second-order valence-corrected chi connectivity index (χ2v) is 5.06. The van der Waals surface area contributed by atoms with Gasteiger partial charge in [0.05, 0.1) is 7.11 Å². The number of hydrogen-bond acceptors (Lipinski definition) is 4. The molecule has 118 valence electrons. The zero-order valence-corrected chi connectivity index (χ0v) is 13.5. The van der Waals surface area contributed by atoms with E-state index >= 15 is 0 Å². The molecule has 0 fully saturated rings. The molecule has 21 heavy (non-hydrogen) atoms. The Bertz CT molecular complexity index is 463. The highest BCUT2D eigenvalue weighted by molar-refractivity contribution is 5.81. The van der Waals surface area contributed by atoms with Crippen molar-refractivity contribution in [1.82, 2.24) is 10.6 Å². The maximum absolute atomic E-state index is 12.1. The molecule has 1 rings (SSSR count). The maximum atomic E-state index is 12.1. The fraction of sp³-hybridized carbons (Fsp3) is 0.562. The third kappa shape index (κ3) is 4.93. The van der Waals surface area contributed by atoms with Gasteiger partial charge in [-0.25, -0.2) is 0 Å². The molecule has 0 spiro atoms. The van der Waals surface area contributed by atoms with Crippen LogP contribution in [0.3, 0.4) is 0 Å². The average molecular weight is 294 g/mol. The third-order valence-corrected chi connectivity index (χ3v) is 3.31. The molecule has 0 aromatic heterocycles. The predicted molar refractivity (Wildman–Crippen MR) is 83.7 cm³/mol. The van der Waals surface area contributed by atoms with Crippen LogP contribution in [-0.2, 0) is 11.3 Å². The van der Waals surface area contributed by atoms with E-state index in [0.717, 1.165) is 12.0 Å². The van der Waals surface area contributed by atoms with E-state index in [4.69, 9.17) is 9.47 Å². The lowest BCUT2D eigenvalue weighted by atomic mass is 10.1. The van der Waals surface area contributed by atoms with Gasteiger partial charge in [-0.05, 0) is 33.4 Å². The van der Waals surface area contributed by atoms with Crippen molar-refractivity contribution in [3.8, 4) is 11.5 Å². The number of benzene rings is 1. The van der Waals surface area contributed by atoms with Crippen LogP contribution in [0, 0.1) is 0 Å². The normalized spacial score (nSPS) is 13.4. The highest BCUT2D eigenvalue weighted by Crippen LogP contribution is 2.31. The minimum Gasteiger partial charge on any atom is -0.493 e. The van der Waals surface area contributed by atoms with Gasteiger partial charge in [0.2, 0.25) is 0 Å². The second-order valence-electron chi connectivity index (χ2n) is 5.06. The van der Waals surface area contributed by atoms with Crippen molar-refractivity contribution in [2.24, 2.45) is 0 Å². The number of rotatable bonds is 8. The van der Waals surface area contributed by atoms with E-state index < -0.39 is 6.10 Å². The largest absolute Gasteiger partial charge is 0.493 e. The Labute approximate surface area is 127 Å². The van der Waals surface area contributed by atoms with Crippen molar-refractivity contribution in [2.45, 2.75) is 45.9 Å². The molecular formula is C16H26N2O3. The molecule has 2 atom stereocenters. The number of para-hydroxylation sites is 1. The SMILES string of the molecule is CCC(C)NC(=O)C(C)Oc1c(CNC)cccc1OC. The van der Waals surface area contributed by atoms with Crippen LogP contribution in [0.25, 0.3) is 0 Å². The Morgan fingerprint density at radius 3 is 2.62 bits per heavy atom. The van der Waals surface area contributed by atoms with Gasteiger partial charge >= 0.3 is 0 Å². The first-order valence-electron chi connectivity index (χ1n) is 7.30. The Morgan fingerprint density at radius 1 is 1.33 bits per heavy atom. The van der Waals surface area contributed by atoms with Crippen LogP contribution in [-0.4, -0.2) is 32.2 Å². The van der Waals surface area contributed by atoms with Crippen molar-refractivity contribution in [2.75, 3.05) is 14.2 Å². The summed E-state index contributed by atoms with van der Waals surface area (Å²) in [5.74, 6) is 1.12. The summed E-state index contributed by atoms with van der Waals surface area (Å²) in [4.78, 5) is 12.1. The van der Waals surface area contributed by atoms with Gasteiger partial charge in [0, 0.05) is 18.2 Å². The molecule has 0 saturated heterocycles. The number of ether oxygens (including phenoxy) is 2. The number of nitrogens with one attached hydrogen (secondary N) is 2. The highest BCUT2D eigenvalue weighted by Gasteiger charge is 2.20. The molecule has 0 aliphatic heterocycles. The van der Waals surface area contributed by atoms with E-state index in [9.17, 15) is 4.79 Å². The molecule has 1 aromatic rings. The number of methoxy groups -OCH3 is 1. The van der Waals surface area contributed by atoms with Crippen LogP contribution < -0.4 is 20.1 Å². The first-order chi connectivity index (χ1) is 10.0. The molecule has 0 aliphatic carbocycles. The van der Waals surface area contributed by atoms with Gasteiger partial charge in [-0.15, -0.1) is 0 Å². The van der Waals surface area contributed by atoms with Gasteiger partial charge in [-0.1, -0.05) is 19.1 Å². The topological polar surface area (TPSA) is 59.6 Å². The Hall–Kier alpha value is -1.75. The van der Waals surface area contributed by atoms with Crippen molar-refractivity contribution in [3.63, 3.8) is 0 Å². The van der Waals surface area contributed by atoms with Crippen LogP contribution >= 0.6 is 0 Å². The number of amides is 1. The molecule has 0 bridgehead atoms. The molecule has 0 heterocycles. The van der Waals surface area contributed by atoms with Crippen molar-refractivity contribution in [1.29, 1.82) is 0 Å². The molecule has 2 N–H and O–H groups in total. The van der Waals surface area contributed by atoms with Crippen LogP contribution in [0.1, 0.15) is 32.8 Å². The third-order valence-electron chi connectivity index (χ3n) is 3.31. The molecule has 2 unspecified atom stereocenters. The lowest BCUT2D eigenvalue weighted by Crippen LogP contribution is -2.41. The fourth-order valence-electron chi connectivity index (χ4n) is 1.88. The van der Waals surface area contributed by atoms with Gasteiger partial charge in [0.1, 0.15) is 0 Å². The zero-order chi connectivity index (χ0) is 15.8. The number of carbonyl (C=O) groups excluding carboxylic acids is 1. The van der Waals surface area contributed by atoms with Crippen LogP contribution in [0.15, 0.2) is 18.2 Å². The lowest BCUT2D eigenvalue weighted by molar-refractivity contribution is -0.127. The summed E-state index contributed by atoms with van der Waals surface area (Å²) in [6.07, 6.45) is 0.309. The van der Waals surface area contributed by atoms with Crippen LogP contribution in [0.2, 0.25) is 0 Å². The lowest BCUT2D eigenvalue weighted by Gasteiger charge is -2.21. The minimum atomic E-state index is -0.578. The molecule has 0 aliphatic rings. The second kappa shape index (κ2) is 8.52. The molecule has 5 heteroatoms. The predicted octanol–water partition coefficient (Wildman–Crippen LogP) is 2.10. The van der Waals surface area contributed by atoms with E-state index in [0.29, 0.717) is 18.0 Å². The standard InChI is InChI=1S/C16H26N2O3/c1-6-11(2)18-16(19)12(3)21-15-13(10-17-4)8-7-9-14(15)20-5/h7-9,11-12,17H,6,10H2,1-5H3,(H,18,19). The summed E-state index contributed by atoms with van der Waals surface area (Å²) < 4.78 is 11.2. The first-order valence-corrected chi connectivity index (χ1v) is 7.30. The monoisotopic (exact) mass is 294 g/mol. The van der Waals surface area contributed by atoms with E-state index in [1.165, 1.54) is 0 Å². The molecule has 1 aromatic carbocycles. The van der Waals surface area contributed by atoms with Gasteiger partial charge in [-0.3, -0.25) is 4.79 Å². The highest BCUT2D eigenvalue weighted by atomic mass is 16.5. The summed E-state index contributed by atoms with van der Waals surface area (Å²) in [6.45, 7) is 6.39. The van der Waals surface area contributed by atoms with E-state index in [1.54, 1.807) is 14.0 Å². The minimum absolute atomic E-state index is 0.120. The molecule has 0 radical (unpaired) electrons. The zero-order valence-electron chi connectivity index (χ0n) is 13.5. The number of hydrogen-bond donors (Lipinski definition) is 2. The van der Waals surface area contributed by atoms with Crippen molar-refractivity contribution < 1.29 is 14.3 Å². The first kappa shape index (κ1) is 17.3. The number of carbonyl (C=O) groups is 1. The molecule has 0 saturated carbocycles. The Morgan fingerprint density at radius 2 is 2.05 bits per heavy atom. The molecule has 5 nitrogen and oxygen atoms in total. The maximum Gasteiger partial charge on any atom is 0.260 e. The van der Waals surface area contributed by atoms with Crippen LogP contribution in [0.5, 0.6) is 11.5 Å². The summed E-state index contributed by atoms with van der Waals surface area (Å²) in [5, 5.41) is 6.00. The van der Waals surface area contributed by atoms with E-state index in [1.807, 2.05) is 39.1 Å². The van der Waals surface area contributed by atoms with Crippen molar-refractivity contribution >= 4 is 5.91 Å². The fourth-order valence-corrected chi connectivity index (χ4v) is 1.88.